The third kappa shape index (κ3) is 11.9. The maximum absolute atomic E-state index is 12.6. The van der Waals surface area contributed by atoms with Gasteiger partial charge < -0.3 is 9.29 Å². The zero-order valence-corrected chi connectivity index (χ0v) is 37.4. The summed E-state index contributed by atoms with van der Waals surface area (Å²) < 4.78 is 192. The summed E-state index contributed by atoms with van der Waals surface area (Å²) in [5.74, 6) is -23.7. The number of benzene rings is 7. The van der Waals surface area contributed by atoms with Gasteiger partial charge in [0.05, 0.1) is 10.9 Å². The van der Waals surface area contributed by atoms with Gasteiger partial charge >= 0.3 is 10.1 Å². The maximum atomic E-state index is 12.6. The highest BCUT2D eigenvalue weighted by Gasteiger charge is 2.33. The second kappa shape index (κ2) is 20.8. The van der Waals surface area contributed by atoms with E-state index in [1.165, 1.54) is 40.5 Å². The van der Waals surface area contributed by atoms with E-state index in [-0.39, 0.29) is 10.9 Å². The van der Waals surface area contributed by atoms with Crippen LogP contribution in [-0.2, 0) is 31.1 Å². The highest BCUT2D eigenvalue weighted by molar-refractivity contribution is 14.1. The first kappa shape index (κ1) is 50.5. The van der Waals surface area contributed by atoms with Crippen molar-refractivity contribution < 1.29 is 74.6 Å². The Labute approximate surface area is 381 Å². The predicted octanol–water partition coefficient (Wildman–Crippen LogP) is 12.4. The standard InChI is InChI=1S/C32H26IOS.2C6HF5O3S/c1-23-7-17-28(18-8-23)35(29-19-9-24(2)10-20-29)30-21-15-27(16-22-30)34-26-13-11-25(12-14-26)31-5-3-4-6-32(31)33;2*7-1-2(8)4(10)6(15(12,13)14)5(11)3(1)9/h3-22H,1-2H3;2*(H,12,13,14)/q+1;;/p-1. The molecule has 0 amide bonds. The Balaban J connectivity index is 0.000000218. The van der Waals surface area contributed by atoms with E-state index in [2.05, 4.69) is 146 Å². The van der Waals surface area contributed by atoms with Crippen LogP contribution in [0.4, 0.5) is 43.9 Å². The fourth-order valence-electron chi connectivity index (χ4n) is 5.55. The molecule has 0 fully saturated rings. The lowest BCUT2D eigenvalue weighted by molar-refractivity contribution is 0.350. The SMILES string of the molecule is Cc1ccc([S+](c2ccc(C)cc2)c2ccc(Oc3ccc(-c4ccccc4I)cc3)cc2)cc1.O=S(=O)(O)c1c(F)c(F)c(F)c(F)c1F.O=S(=O)([O-])c1c(F)c(F)c(F)c(F)c1F. The third-order valence-corrected chi connectivity index (χ3v) is 13.6. The molecule has 0 bridgehead atoms. The number of halogens is 11. The first-order valence-electron chi connectivity index (χ1n) is 17.9. The van der Waals surface area contributed by atoms with E-state index in [0.717, 1.165) is 11.5 Å². The molecule has 0 aliphatic carbocycles. The van der Waals surface area contributed by atoms with E-state index in [1.807, 2.05) is 12.1 Å². The van der Waals surface area contributed by atoms with Crippen LogP contribution < -0.4 is 4.74 Å². The minimum Gasteiger partial charge on any atom is -0.744 e. The lowest BCUT2D eigenvalue weighted by Crippen LogP contribution is -2.12. The smallest absolute Gasteiger partial charge is 0.300 e. The van der Waals surface area contributed by atoms with Crippen molar-refractivity contribution in [2.24, 2.45) is 0 Å². The van der Waals surface area contributed by atoms with Gasteiger partial charge in [-0.25, -0.2) is 52.3 Å². The van der Waals surface area contributed by atoms with Gasteiger partial charge in [-0.15, -0.1) is 0 Å². The summed E-state index contributed by atoms with van der Waals surface area (Å²) >= 11 is 2.38. The molecule has 7 nitrogen and oxygen atoms in total. The molecule has 0 unspecified atom stereocenters. The minimum atomic E-state index is -5.77. The number of ether oxygens (including phenoxy) is 1. The van der Waals surface area contributed by atoms with Gasteiger partial charge in [0.1, 0.15) is 26.5 Å². The van der Waals surface area contributed by atoms with E-state index in [4.69, 9.17) is 9.29 Å². The van der Waals surface area contributed by atoms with Crippen molar-refractivity contribution in [1.29, 1.82) is 0 Å². The Morgan fingerprint density at radius 1 is 0.477 bits per heavy atom. The van der Waals surface area contributed by atoms with Crippen molar-refractivity contribution in [2.75, 3.05) is 0 Å². The molecule has 0 atom stereocenters. The fourth-order valence-corrected chi connectivity index (χ4v) is 9.54. The molecular formula is C44H27F10IO7S3. The molecule has 7 aromatic carbocycles. The third-order valence-electron chi connectivity index (χ3n) is 8.69. The molecule has 1 N–H and O–H groups in total. The average molecular weight is 1080 g/mol. The average Bonchev–Trinajstić information content (AvgIpc) is 3.26. The van der Waals surface area contributed by atoms with Crippen LogP contribution in [0.15, 0.2) is 146 Å². The van der Waals surface area contributed by atoms with Crippen LogP contribution in [0, 0.1) is 75.6 Å². The highest BCUT2D eigenvalue weighted by atomic mass is 127. The molecule has 0 aromatic heterocycles. The van der Waals surface area contributed by atoms with Crippen molar-refractivity contribution >= 4 is 53.7 Å². The first-order chi connectivity index (χ1) is 30.4. The molecule has 0 saturated heterocycles. The zero-order valence-electron chi connectivity index (χ0n) is 32.8. The molecule has 0 spiro atoms. The van der Waals surface area contributed by atoms with Crippen LogP contribution in [0.1, 0.15) is 11.1 Å². The van der Waals surface area contributed by atoms with Gasteiger partial charge in [0.25, 0.3) is 0 Å². The van der Waals surface area contributed by atoms with Gasteiger partial charge in [-0.1, -0.05) is 65.7 Å². The molecule has 7 aromatic rings. The van der Waals surface area contributed by atoms with E-state index in [0.29, 0.717) is 0 Å². The largest absolute Gasteiger partial charge is 0.744 e. The summed E-state index contributed by atoms with van der Waals surface area (Å²) in [6, 6.07) is 43.0. The van der Waals surface area contributed by atoms with Crippen LogP contribution in [0.25, 0.3) is 11.1 Å². The molecule has 0 aliphatic rings. The number of hydrogen-bond acceptors (Lipinski definition) is 6. The van der Waals surface area contributed by atoms with Crippen molar-refractivity contribution in [1.82, 2.24) is 0 Å². The Morgan fingerprint density at radius 3 is 1.15 bits per heavy atom. The fraction of sp³-hybridized carbons (Fsp3) is 0.0455. The zero-order chi connectivity index (χ0) is 48.1. The van der Waals surface area contributed by atoms with Gasteiger partial charge in [0.2, 0.25) is 11.6 Å². The summed E-state index contributed by atoms with van der Waals surface area (Å²) in [5.41, 5.74) is 4.98. The van der Waals surface area contributed by atoms with Gasteiger partial charge in [-0.2, -0.15) is 8.42 Å². The van der Waals surface area contributed by atoms with Crippen LogP contribution in [0.2, 0.25) is 0 Å². The van der Waals surface area contributed by atoms with Gasteiger partial charge in [0, 0.05) is 3.57 Å². The second-order valence-corrected chi connectivity index (χ2v) is 19.1. The van der Waals surface area contributed by atoms with E-state index < -0.39 is 88.2 Å². The molecular weight excluding hydrogens is 1050 g/mol. The van der Waals surface area contributed by atoms with Crippen molar-refractivity contribution in [2.45, 2.75) is 38.3 Å². The Bertz CT molecular complexity index is 2890. The minimum absolute atomic E-state index is 0.169. The molecule has 0 radical (unpaired) electrons. The normalized spacial score (nSPS) is 11.4. The lowest BCUT2D eigenvalue weighted by atomic mass is 10.1. The summed E-state index contributed by atoms with van der Waals surface area (Å²) in [4.78, 5) is -0.727. The number of rotatable bonds is 8. The topological polar surface area (TPSA) is 121 Å². The summed E-state index contributed by atoms with van der Waals surface area (Å²) in [5, 5.41) is 0. The van der Waals surface area contributed by atoms with Crippen LogP contribution in [0.5, 0.6) is 11.5 Å². The number of hydrogen-bond donors (Lipinski definition) is 1. The van der Waals surface area contributed by atoms with Gasteiger partial charge in [-0.05, 0) is 114 Å². The first-order valence-corrected chi connectivity index (χ1v) is 23.0. The molecule has 21 heteroatoms. The molecule has 0 saturated carbocycles. The molecule has 0 heterocycles. The van der Waals surface area contributed by atoms with Crippen LogP contribution >= 0.6 is 22.6 Å². The van der Waals surface area contributed by atoms with Crippen LogP contribution in [0.3, 0.4) is 0 Å². The highest BCUT2D eigenvalue weighted by Crippen LogP contribution is 2.35. The molecule has 65 heavy (non-hydrogen) atoms. The predicted molar refractivity (Wildman–Crippen MR) is 226 cm³/mol. The molecule has 7 rings (SSSR count). The Kier molecular flexibility index (Phi) is 16.2. The molecule has 0 aliphatic heterocycles. The van der Waals surface area contributed by atoms with E-state index >= 15 is 0 Å². The second-order valence-electron chi connectivity index (χ2n) is 13.2. The summed E-state index contributed by atoms with van der Waals surface area (Å²) in [7, 11) is -11.5. The van der Waals surface area contributed by atoms with Crippen LogP contribution in [-0.4, -0.2) is 25.9 Å². The van der Waals surface area contributed by atoms with Crippen molar-refractivity contribution in [3.63, 3.8) is 0 Å². The quantitative estimate of drug-likeness (QED) is 0.0402. The Morgan fingerprint density at radius 2 is 0.800 bits per heavy atom. The number of aryl methyl sites for hydroxylation is 2. The maximum Gasteiger partial charge on any atom is 0.300 e. The van der Waals surface area contributed by atoms with E-state index in [9.17, 15) is 65.3 Å². The molecule has 340 valence electrons. The van der Waals surface area contributed by atoms with Gasteiger partial charge in [0.15, 0.2) is 66.1 Å². The summed E-state index contributed by atoms with van der Waals surface area (Å²) in [6.07, 6.45) is 0. The Hall–Kier alpha value is -5.46. The lowest BCUT2D eigenvalue weighted by Gasteiger charge is -2.11. The monoisotopic (exact) mass is 1080 g/mol. The van der Waals surface area contributed by atoms with E-state index in [1.54, 1.807) is 0 Å². The van der Waals surface area contributed by atoms with Gasteiger partial charge in [-0.3, -0.25) is 4.55 Å². The van der Waals surface area contributed by atoms with Crippen molar-refractivity contribution in [3.8, 4) is 22.6 Å². The van der Waals surface area contributed by atoms with Crippen molar-refractivity contribution in [3.05, 3.63) is 194 Å². The summed E-state index contributed by atoms with van der Waals surface area (Å²) in [6.45, 7) is 4.26.